The summed E-state index contributed by atoms with van der Waals surface area (Å²) in [5.41, 5.74) is -1.22. The summed E-state index contributed by atoms with van der Waals surface area (Å²) >= 11 is 1.65. The van der Waals surface area contributed by atoms with E-state index in [4.69, 9.17) is 0 Å². The third-order valence-corrected chi connectivity index (χ3v) is 5.08. The monoisotopic (exact) mass is 296 g/mol. The lowest BCUT2D eigenvalue weighted by atomic mass is 9.77. The van der Waals surface area contributed by atoms with Crippen molar-refractivity contribution in [2.45, 2.75) is 44.1 Å². The molecule has 2 rings (SSSR count). The van der Waals surface area contributed by atoms with Crippen LogP contribution in [0.1, 0.15) is 38.0 Å². The van der Waals surface area contributed by atoms with Crippen LogP contribution in [0.25, 0.3) is 0 Å². The molecule has 1 aliphatic carbocycles. The zero-order valence-electron chi connectivity index (χ0n) is 11.7. The fourth-order valence-corrected chi connectivity index (χ4v) is 3.09. The second kappa shape index (κ2) is 5.44. The van der Waals surface area contributed by atoms with Gasteiger partial charge in [0.1, 0.15) is 5.54 Å². The molecule has 0 atom stereocenters. The normalized spacial score (nSPS) is 17.1. The number of aliphatic carboxylic acids is 1. The summed E-state index contributed by atoms with van der Waals surface area (Å²) in [6.07, 6.45) is 1.85. The molecular weight excluding hydrogens is 276 g/mol. The molecule has 0 unspecified atom stereocenters. The molecule has 1 aromatic rings. The third-order valence-electron chi connectivity index (χ3n) is 3.85. The van der Waals surface area contributed by atoms with Crippen molar-refractivity contribution in [1.82, 2.24) is 10.6 Å². The fourth-order valence-electron chi connectivity index (χ4n) is 2.24. The minimum atomic E-state index is -1.06. The highest BCUT2D eigenvalue weighted by Crippen LogP contribution is 2.32. The number of carbonyl (C=O) groups is 2. The molecule has 3 N–H and O–H groups in total. The number of urea groups is 1. The Labute approximate surface area is 122 Å². The molecule has 0 aromatic carbocycles. The van der Waals surface area contributed by atoms with E-state index in [-0.39, 0.29) is 5.41 Å². The van der Waals surface area contributed by atoms with Crippen molar-refractivity contribution < 1.29 is 14.7 Å². The van der Waals surface area contributed by atoms with E-state index in [9.17, 15) is 14.7 Å². The smallest absolute Gasteiger partial charge is 0.329 e. The van der Waals surface area contributed by atoms with E-state index < -0.39 is 17.5 Å². The van der Waals surface area contributed by atoms with Gasteiger partial charge in [0, 0.05) is 16.8 Å². The maximum Gasteiger partial charge on any atom is 0.329 e. The van der Waals surface area contributed by atoms with Gasteiger partial charge in [-0.2, -0.15) is 0 Å². The zero-order valence-corrected chi connectivity index (χ0v) is 12.5. The van der Waals surface area contributed by atoms with E-state index in [1.807, 2.05) is 17.5 Å². The summed E-state index contributed by atoms with van der Waals surface area (Å²) in [6.45, 7) is 4.57. The average molecular weight is 296 g/mol. The van der Waals surface area contributed by atoms with Crippen LogP contribution in [0, 0.1) is 0 Å². The van der Waals surface area contributed by atoms with Crippen LogP contribution in [0.4, 0.5) is 4.79 Å². The molecule has 1 heterocycles. The molecule has 5 nitrogen and oxygen atoms in total. The Morgan fingerprint density at radius 3 is 2.60 bits per heavy atom. The molecule has 110 valence electrons. The van der Waals surface area contributed by atoms with E-state index in [0.29, 0.717) is 19.4 Å². The van der Waals surface area contributed by atoms with E-state index >= 15 is 0 Å². The van der Waals surface area contributed by atoms with Gasteiger partial charge in [-0.15, -0.1) is 11.3 Å². The molecule has 0 radical (unpaired) electrons. The molecule has 1 saturated carbocycles. The highest BCUT2D eigenvalue weighted by molar-refractivity contribution is 7.10. The predicted molar refractivity (Wildman–Crippen MR) is 78.1 cm³/mol. The number of carbonyl (C=O) groups excluding carboxylic acids is 1. The summed E-state index contributed by atoms with van der Waals surface area (Å²) in [5.74, 6) is -0.948. The molecule has 20 heavy (non-hydrogen) atoms. The van der Waals surface area contributed by atoms with Crippen LogP contribution in [0.15, 0.2) is 17.5 Å². The number of carboxylic acid groups (broad SMARTS) is 1. The van der Waals surface area contributed by atoms with Crippen LogP contribution in [-0.4, -0.2) is 29.2 Å². The maximum absolute atomic E-state index is 11.9. The Balaban J connectivity index is 1.88. The quantitative estimate of drug-likeness (QED) is 0.780. The number of hydrogen-bond donors (Lipinski definition) is 3. The molecular formula is C14H20N2O3S. The van der Waals surface area contributed by atoms with Gasteiger partial charge in [-0.05, 0) is 30.7 Å². The van der Waals surface area contributed by atoms with Crippen LogP contribution < -0.4 is 10.6 Å². The van der Waals surface area contributed by atoms with Crippen molar-refractivity contribution in [3.63, 3.8) is 0 Å². The standard InChI is InChI=1S/C14H20N2O3S/c1-13(2,10-5-3-8-20-10)9-15-12(19)16-14(11(17)18)6-4-7-14/h3,5,8H,4,6-7,9H2,1-2H3,(H,17,18)(H2,15,16,19). The summed E-state index contributed by atoms with van der Waals surface area (Å²) in [5, 5.41) is 16.6. The van der Waals surface area contributed by atoms with Crippen LogP contribution in [0.5, 0.6) is 0 Å². The number of rotatable bonds is 5. The summed E-state index contributed by atoms with van der Waals surface area (Å²) < 4.78 is 0. The van der Waals surface area contributed by atoms with Crippen LogP contribution in [0.2, 0.25) is 0 Å². The molecule has 6 heteroatoms. The first kappa shape index (κ1) is 14.8. The Kier molecular flexibility index (Phi) is 4.04. The molecule has 1 fully saturated rings. The SMILES string of the molecule is CC(C)(CNC(=O)NC1(C(=O)O)CCC1)c1cccs1. The first-order valence-corrected chi connectivity index (χ1v) is 7.57. The Bertz CT molecular complexity index is 493. The van der Waals surface area contributed by atoms with Crippen LogP contribution >= 0.6 is 11.3 Å². The van der Waals surface area contributed by atoms with Gasteiger partial charge in [0.05, 0.1) is 0 Å². The summed E-state index contributed by atoms with van der Waals surface area (Å²) in [6, 6.07) is 3.61. The van der Waals surface area contributed by atoms with Crippen LogP contribution in [-0.2, 0) is 10.2 Å². The molecule has 1 aliphatic rings. The van der Waals surface area contributed by atoms with Gasteiger partial charge >= 0.3 is 12.0 Å². The third kappa shape index (κ3) is 2.95. The molecule has 0 spiro atoms. The second-order valence-electron chi connectivity index (χ2n) is 5.91. The van der Waals surface area contributed by atoms with E-state index in [1.54, 1.807) is 11.3 Å². The van der Waals surface area contributed by atoms with Gasteiger partial charge in [0.15, 0.2) is 0 Å². The van der Waals surface area contributed by atoms with Crippen LogP contribution in [0.3, 0.4) is 0 Å². The highest BCUT2D eigenvalue weighted by Gasteiger charge is 2.45. The minimum Gasteiger partial charge on any atom is -0.480 e. The van der Waals surface area contributed by atoms with Crippen molar-refractivity contribution >= 4 is 23.3 Å². The second-order valence-corrected chi connectivity index (χ2v) is 6.86. The largest absolute Gasteiger partial charge is 0.480 e. The van der Waals surface area contributed by atoms with Crippen molar-refractivity contribution in [2.75, 3.05) is 6.54 Å². The van der Waals surface area contributed by atoms with E-state index in [1.165, 1.54) is 4.88 Å². The van der Waals surface area contributed by atoms with Crippen molar-refractivity contribution in [2.24, 2.45) is 0 Å². The Morgan fingerprint density at radius 2 is 2.15 bits per heavy atom. The van der Waals surface area contributed by atoms with E-state index in [0.717, 1.165) is 6.42 Å². The highest BCUT2D eigenvalue weighted by atomic mass is 32.1. The summed E-state index contributed by atoms with van der Waals surface area (Å²) in [7, 11) is 0. The number of thiophene rings is 1. The van der Waals surface area contributed by atoms with Crippen molar-refractivity contribution in [3.05, 3.63) is 22.4 Å². The van der Waals surface area contributed by atoms with Gasteiger partial charge in [0.2, 0.25) is 0 Å². The lowest BCUT2D eigenvalue weighted by Gasteiger charge is -2.38. The number of nitrogens with one attached hydrogen (secondary N) is 2. The number of hydrogen-bond acceptors (Lipinski definition) is 3. The van der Waals surface area contributed by atoms with Gasteiger partial charge in [-0.1, -0.05) is 19.9 Å². The maximum atomic E-state index is 11.9. The lowest BCUT2D eigenvalue weighted by Crippen LogP contribution is -2.61. The molecule has 0 bridgehead atoms. The van der Waals surface area contributed by atoms with E-state index in [2.05, 4.69) is 24.5 Å². The first-order valence-electron chi connectivity index (χ1n) is 6.69. The Morgan fingerprint density at radius 1 is 1.45 bits per heavy atom. The van der Waals surface area contributed by atoms with Gasteiger partial charge < -0.3 is 15.7 Å². The Hall–Kier alpha value is -1.56. The topological polar surface area (TPSA) is 78.4 Å². The van der Waals surface area contributed by atoms with Gasteiger partial charge in [-0.25, -0.2) is 9.59 Å². The molecule has 1 aromatic heterocycles. The zero-order chi connectivity index (χ0) is 14.8. The minimum absolute atomic E-state index is 0.165. The average Bonchev–Trinajstić information content (AvgIpc) is 2.85. The molecule has 2 amide bonds. The predicted octanol–water partition coefficient (Wildman–Crippen LogP) is 2.33. The molecule has 0 aliphatic heterocycles. The van der Waals surface area contributed by atoms with Gasteiger partial charge in [0.25, 0.3) is 0 Å². The molecule has 0 saturated heterocycles. The van der Waals surface area contributed by atoms with Crippen molar-refractivity contribution in [1.29, 1.82) is 0 Å². The number of carboxylic acids is 1. The lowest BCUT2D eigenvalue weighted by molar-refractivity contribution is -0.148. The number of amides is 2. The summed E-state index contributed by atoms with van der Waals surface area (Å²) in [4.78, 5) is 24.3. The first-order chi connectivity index (χ1) is 9.36. The fraction of sp³-hybridized carbons (Fsp3) is 0.571. The van der Waals surface area contributed by atoms with Gasteiger partial charge in [-0.3, -0.25) is 0 Å². The van der Waals surface area contributed by atoms with Crippen molar-refractivity contribution in [3.8, 4) is 0 Å².